The van der Waals surface area contributed by atoms with E-state index in [9.17, 15) is 9.18 Å². The van der Waals surface area contributed by atoms with Gasteiger partial charge in [-0.15, -0.1) is 0 Å². The highest BCUT2D eigenvalue weighted by Gasteiger charge is 2.07. The molecule has 2 rings (SSSR count). The maximum atomic E-state index is 13.3. The number of benzene rings is 2. The van der Waals surface area contributed by atoms with Crippen LogP contribution in [0.5, 0.6) is 5.75 Å². The van der Waals surface area contributed by atoms with Crippen LogP contribution in [0.4, 0.5) is 10.1 Å². The van der Waals surface area contributed by atoms with Crippen LogP contribution in [0.3, 0.4) is 0 Å². The van der Waals surface area contributed by atoms with Gasteiger partial charge in [0, 0.05) is 28.9 Å². The number of hydrogen-bond donors (Lipinski definition) is 2. The van der Waals surface area contributed by atoms with Crippen molar-refractivity contribution >= 4 is 23.2 Å². The lowest BCUT2D eigenvalue weighted by Gasteiger charge is -2.10. The summed E-state index contributed by atoms with van der Waals surface area (Å²) in [7, 11) is 1.40. The first-order valence-corrected chi connectivity index (χ1v) is 6.54. The Morgan fingerprint density at radius 1 is 1.33 bits per heavy atom. The van der Waals surface area contributed by atoms with Crippen LogP contribution in [0.25, 0.3) is 0 Å². The van der Waals surface area contributed by atoms with Gasteiger partial charge in [-0.3, -0.25) is 4.79 Å². The first-order chi connectivity index (χ1) is 10.0. The van der Waals surface area contributed by atoms with Crippen molar-refractivity contribution in [3.05, 3.63) is 58.4 Å². The number of nitrogens with two attached hydrogens (primary N) is 1. The van der Waals surface area contributed by atoms with Crippen LogP contribution in [-0.4, -0.2) is 13.0 Å². The molecule has 3 N–H and O–H groups in total. The summed E-state index contributed by atoms with van der Waals surface area (Å²) in [5.41, 5.74) is 7.03. The summed E-state index contributed by atoms with van der Waals surface area (Å²) in [4.78, 5) is 11.0. The molecule has 0 heterocycles. The molecule has 21 heavy (non-hydrogen) atoms. The molecule has 2 aromatic carbocycles. The normalized spacial score (nSPS) is 10.2. The van der Waals surface area contributed by atoms with Gasteiger partial charge in [0.05, 0.1) is 7.11 Å². The van der Waals surface area contributed by atoms with Gasteiger partial charge in [-0.25, -0.2) is 4.39 Å². The molecule has 0 saturated heterocycles. The maximum Gasteiger partial charge on any atom is 0.248 e. The zero-order valence-electron chi connectivity index (χ0n) is 11.3. The summed E-state index contributed by atoms with van der Waals surface area (Å²) >= 11 is 6.09. The molecular weight excluding hydrogens is 295 g/mol. The third-order valence-electron chi connectivity index (χ3n) is 2.97. The predicted molar refractivity (Wildman–Crippen MR) is 80.2 cm³/mol. The molecule has 110 valence electrons. The molecule has 0 radical (unpaired) electrons. The molecule has 0 aliphatic rings. The van der Waals surface area contributed by atoms with E-state index in [2.05, 4.69) is 5.32 Å². The van der Waals surface area contributed by atoms with Crippen LogP contribution in [0.15, 0.2) is 36.4 Å². The fourth-order valence-corrected chi connectivity index (χ4v) is 2.06. The number of nitrogens with one attached hydrogen (secondary N) is 1. The molecule has 0 aliphatic heterocycles. The molecular formula is C15H14ClFN2O2. The quantitative estimate of drug-likeness (QED) is 0.891. The van der Waals surface area contributed by atoms with Crippen molar-refractivity contribution in [2.75, 3.05) is 12.4 Å². The lowest BCUT2D eigenvalue weighted by molar-refractivity contribution is 0.100. The van der Waals surface area contributed by atoms with E-state index in [1.807, 2.05) is 0 Å². The van der Waals surface area contributed by atoms with Gasteiger partial charge in [0.15, 0.2) is 11.6 Å². The maximum absolute atomic E-state index is 13.3. The number of amides is 1. The largest absolute Gasteiger partial charge is 0.494 e. The molecule has 0 aliphatic carbocycles. The molecule has 0 fully saturated rings. The van der Waals surface area contributed by atoms with Crippen LogP contribution in [-0.2, 0) is 6.54 Å². The van der Waals surface area contributed by atoms with E-state index in [0.29, 0.717) is 22.8 Å². The Balaban J connectivity index is 2.11. The number of carbonyl (C=O) groups is 1. The second-order valence-electron chi connectivity index (χ2n) is 4.37. The lowest BCUT2D eigenvalue weighted by Crippen LogP contribution is -2.11. The van der Waals surface area contributed by atoms with Crippen molar-refractivity contribution in [1.82, 2.24) is 0 Å². The number of rotatable bonds is 5. The first-order valence-electron chi connectivity index (χ1n) is 6.17. The minimum atomic E-state index is -0.528. The Bertz CT molecular complexity index is 677. The SMILES string of the molecule is COc1cc(NCc2ccc(C(N)=O)cc2Cl)ccc1F. The van der Waals surface area contributed by atoms with Crippen molar-refractivity contribution in [3.8, 4) is 5.75 Å². The van der Waals surface area contributed by atoms with Crippen LogP contribution >= 0.6 is 11.6 Å². The zero-order chi connectivity index (χ0) is 15.4. The van der Waals surface area contributed by atoms with Crippen LogP contribution in [0.2, 0.25) is 5.02 Å². The predicted octanol–water partition coefficient (Wildman–Crippen LogP) is 3.20. The Hall–Kier alpha value is -2.27. The van der Waals surface area contributed by atoms with E-state index in [-0.39, 0.29) is 5.75 Å². The monoisotopic (exact) mass is 308 g/mol. The number of methoxy groups -OCH3 is 1. The third-order valence-corrected chi connectivity index (χ3v) is 3.32. The number of carbonyl (C=O) groups excluding carboxylic acids is 1. The van der Waals surface area contributed by atoms with Crippen molar-refractivity contribution < 1.29 is 13.9 Å². The molecule has 0 spiro atoms. The second kappa shape index (κ2) is 6.45. The van der Waals surface area contributed by atoms with Crippen LogP contribution in [0.1, 0.15) is 15.9 Å². The van der Waals surface area contributed by atoms with Gasteiger partial charge < -0.3 is 15.8 Å². The van der Waals surface area contributed by atoms with Crippen LogP contribution < -0.4 is 15.8 Å². The van der Waals surface area contributed by atoms with Gasteiger partial charge in [-0.05, 0) is 29.8 Å². The summed E-state index contributed by atoms with van der Waals surface area (Å²) in [5.74, 6) is -0.790. The Morgan fingerprint density at radius 3 is 2.71 bits per heavy atom. The highest BCUT2D eigenvalue weighted by atomic mass is 35.5. The summed E-state index contributed by atoms with van der Waals surface area (Å²) in [6, 6.07) is 9.32. The lowest BCUT2D eigenvalue weighted by atomic mass is 10.1. The van der Waals surface area contributed by atoms with E-state index >= 15 is 0 Å². The van der Waals surface area contributed by atoms with Crippen molar-refractivity contribution in [1.29, 1.82) is 0 Å². The van der Waals surface area contributed by atoms with Crippen molar-refractivity contribution in [2.45, 2.75) is 6.54 Å². The van der Waals surface area contributed by atoms with Gasteiger partial charge >= 0.3 is 0 Å². The van der Waals surface area contributed by atoms with Gasteiger partial charge in [0.25, 0.3) is 0 Å². The summed E-state index contributed by atoms with van der Waals surface area (Å²) < 4.78 is 18.2. The fraction of sp³-hybridized carbons (Fsp3) is 0.133. The topological polar surface area (TPSA) is 64.3 Å². The van der Waals surface area contributed by atoms with Crippen molar-refractivity contribution in [3.63, 3.8) is 0 Å². The summed E-state index contributed by atoms with van der Waals surface area (Å²) in [5, 5.41) is 3.54. The molecule has 0 aromatic heterocycles. The van der Waals surface area contributed by atoms with E-state index in [4.69, 9.17) is 22.1 Å². The van der Waals surface area contributed by atoms with Gasteiger partial charge in [-0.1, -0.05) is 17.7 Å². The first kappa shape index (κ1) is 15.1. The third kappa shape index (κ3) is 3.64. The van der Waals surface area contributed by atoms with Crippen LogP contribution in [0, 0.1) is 5.82 Å². The molecule has 0 atom stereocenters. The van der Waals surface area contributed by atoms with E-state index in [1.54, 1.807) is 24.3 Å². The Labute approximate surface area is 126 Å². The van der Waals surface area contributed by atoms with Crippen molar-refractivity contribution in [2.24, 2.45) is 5.73 Å². The number of halogens is 2. The van der Waals surface area contributed by atoms with Gasteiger partial charge in [-0.2, -0.15) is 0 Å². The van der Waals surface area contributed by atoms with Gasteiger partial charge in [0.2, 0.25) is 5.91 Å². The smallest absolute Gasteiger partial charge is 0.248 e. The molecule has 0 bridgehead atoms. The van der Waals surface area contributed by atoms with Gasteiger partial charge in [0.1, 0.15) is 0 Å². The number of primary amides is 1. The van der Waals surface area contributed by atoms with E-state index in [0.717, 1.165) is 5.56 Å². The molecule has 4 nitrogen and oxygen atoms in total. The zero-order valence-corrected chi connectivity index (χ0v) is 12.1. The number of ether oxygens (including phenoxy) is 1. The average molecular weight is 309 g/mol. The highest BCUT2D eigenvalue weighted by molar-refractivity contribution is 6.31. The number of hydrogen-bond acceptors (Lipinski definition) is 3. The van der Waals surface area contributed by atoms with E-state index < -0.39 is 11.7 Å². The Morgan fingerprint density at radius 2 is 2.10 bits per heavy atom. The minimum absolute atomic E-state index is 0.162. The number of anilines is 1. The summed E-state index contributed by atoms with van der Waals surface area (Å²) in [6.07, 6.45) is 0. The average Bonchev–Trinajstić information content (AvgIpc) is 2.47. The molecule has 1 amide bonds. The fourth-order valence-electron chi connectivity index (χ4n) is 1.81. The molecule has 0 saturated carbocycles. The standard InChI is InChI=1S/C15H14ClFN2O2/c1-21-14-7-11(4-5-13(14)17)19-8-10-3-2-9(15(18)20)6-12(10)16/h2-7,19H,8H2,1H3,(H2,18,20). The molecule has 2 aromatic rings. The minimum Gasteiger partial charge on any atom is -0.494 e. The Kier molecular flexibility index (Phi) is 4.65. The second-order valence-corrected chi connectivity index (χ2v) is 4.78. The highest BCUT2D eigenvalue weighted by Crippen LogP contribution is 2.23. The molecule has 6 heteroatoms. The molecule has 0 unspecified atom stereocenters. The van der Waals surface area contributed by atoms with E-state index in [1.165, 1.54) is 19.2 Å². The summed E-state index contributed by atoms with van der Waals surface area (Å²) in [6.45, 7) is 0.423.